The fraction of sp³-hybridized carbons (Fsp3) is 0.607. The molecule has 0 aliphatic carbocycles. The number of halogens is 3. The summed E-state index contributed by atoms with van der Waals surface area (Å²) in [6.07, 6.45) is 0.795. The number of hydrogen-bond acceptors (Lipinski definition) is 10. The summed E-state index contributed by atoms with van der Waals surface area (Å²) in [5.74, 6) is -1.20. The highest BCUT2D eigenvalue weighted by molar-refractivity contribution is 6.67. The first-order valence-electron chi connectivity index (χ1n) is 13.7. The van der Waals surface area contributed by atoms with Gasteiger partial charge in [0.2, 0.25) is 16.5 Å². The van der Waals surface area contributed by atoms with E-state index in [9.17, 15) is 24.0 Å². The molecule has 0 aromatic heterocycles. The molecule has 2 amide bonds. The average Bonchev–Trinajstić information content (AvgIpc) is 2.95. The summed E-state index contributed by atoms with van der Waals surface area (Å²) in [5, 5.41) is 0. The molecule has 2 aliphatic rings. The molecule has 0 radical (unpaired) electrons. The lowest BCUT2D eigenvalue weighted by atomic mass is 9.98. The Hall–Kier alpha value is -2.80. The second-order valence-corrected chi connectivity index (χ2v) is 13.7. The number of carbonyl (C=O) groups is 5. The predicted molar refractivity (Wildman–Crippen MR) is 157 cm³/mol. The van der Waals surface area contributed by atoms with Gasteiger partial charge in [0.1, 0.15) is 12.4 Å². The van der Waals surface area contributed by atoms with Crippen molar-refractivity contribution >= 4 is 64.5 Å². The maximum Gasteiger partial charge on any atom is 0.412 e. The van der Waals surface area contributed by atoms with E-state index in [1.165, 1.54) is 17.0 Å². The summed E-state index contributed by atoms with van der Waals surface area (Å²) in [6.45, 7) is 5.96. The number of carbonyl (C=O) groups excluding carboxylic acids is 5. The molecule has 3 rings (SSSR count). The smallest absolute Gasteiger partial charge is 0.412 e. The van der Waals surface area contributed by atoms with E-state index in [0.717, 1.165) is 0 Å². The monoisotopic (exact) mass is 663 g/mol. The van der Waals surface area contributed by atoms with Crippen LogP contribution in [0, 0.1) is 5.41 Å². The van der Waals surface area contributed by atoms with Crippen LogP contribution >= 0.6 is 34.8 Å². The summed E-state index contributed by atoms with van der Waals surface area (Å²) in [5.41, 5.74) is -0.286. The van der Waals surface area contributed by atoms with Gasteiger partial charge in [0, 0.05) is 37.8 Å². The van der Waals surface area contributed by atoms with Crippen LogP contribution in [0.3, 0.4) is 0 Å². The second-order valence-electron chi connectivity index (χ2n) is 11.2. The number of amides is 2. The van der Waals surface area contributed by atoms with Crippen molar-refractivity contribution in [1.29, 1.82) is 0 Å². The first kappa shape index (κ1) is 34.7. The highest BCUT2D eigenvalue weighted by Crippen LogP contribution is 2.26. The molecule has 238 valence electrons. The molecule has 2 heterocycles. The number of hydrogen-bond donors (Lipinski definition) is 0. The molecule has 0 bridgehead atoms. The summed E-state index contributed by atoms with van der Waals surface area (Å²) < 4.78 is 18.5. The van der Waals surface area contributed by atoms with Crippen molar-refractivity contribution in [2.75, 3.05) is 59.3 Å². The van der Waals surface area contributed by atoms with Crippen LogP contribution in [0.5, 0.6) is 5.75 Å². The van der Waals surface area contributed by atoms with Crippen LogP contribution in [0.4, 0.5) is 4.79 Å². The lowest BCUT2D eigenvalue weighted by molar-refractivity contribution is -0.162. The van der Waals surface area contributed by atoms with Gasteiger partial charge in [-0.05, 0) is 57.9 Å². The Bertz CT molecular complexity index is 1160. The summed E-state index contributed by atoms with van der Waals surface area (Å²) in [6, 6.07) is 6.30. The second kappa shape index (κ2) is 15.3. The molecule has 0 N–H and O–H groups in total. The number of alkyl halides is 3. The Morgan fingerprint density at radius 2 is 1.56 bits per heavy atom. The number of ketones is 1. The third kappa shape index (κ3) is 11.3. The lowest BCUT2D eigenvalue weighted by Gasteiger charge is -2.41. The minimum Gasteiger partial charge on any atom is -0.482 e. The van der Waals surface area contributed by atoms with E-state index < -0.39 is 47.2 Å². The van der Waals surface area contributed by atoms with E-state index in [4.69, 9.17) is 53.8 Å². The van der Waals surface area contributed by atoms with Crippen LogP contribution in [0.15, 0.2) is 24.3 Å². The topological polar surface area (TPSA) is 132 Å². The summed E-state index contributed by atoms with van der Waals surface area (Å²) >= 11 is 16.6. The molecule has 2 saturated heterocycles. The van der Waals surface area contributed by atoms with Gasteiger partial charge in [0.25, 0.3) is 0 Å². The average molecular weight is 665 g/mol. The van der Waals surface area contributed by atoms with E-state index in [0.29, 0.717) is 50.3 Å². The maximum absolute atomic E-state index is 12.9. The standard InChI is InChI=1S/C28H36Cl3N3O9/c1-27(2,3)25(38)42-18-43-26(39)32-10-8-20(9-11-32)33-12-13-34(23(36)15-33)14-22(35)19-4-6-21(7-5-19)40-16-24(37)41-17-28(29,30)31/h4-7,20H,8-18H2,1-3H3. The third-order valence-corrected chi connectivity index (χ3v) is 7.16. The Kier molecular flexibility index (Phi) is 12.3. The lowest BCUT2D eigenvalue weighted by Crippen LogP contribution is -2.56. The molecule has 0 atom stereocenters. The van der Waals surface area contributed by atoms with Gasteiger partial charge in [-0.15, -0.1) is 0 Å². The molecule has 2 fully saturated rings. The van der Waals surface area contributed by atoms with Gasteiger partial charge in [0.15, 0.2) is 12.4 Å². The first-order valence-corrected chi connectivity index (χ1v) is 14.8. The highest BCUT2D eigenvalue weighted by Gasteiger charge is 2.33. The maximum atomic E-state index is 12.9. The minimum absolute atomic E-state index is 0.0553. The van der Waals surface area contributed by atoms with Crippen molar-refractivity contribution in [3.05, 3.63) is 29.8 Å². The van der Waals surface area contributed by atoms with Gasteiger partial charge < -0.3 is 28.7 Å². The predicted octanol–water partition coefficient (Wildman–Crippen LogP) is 3.45. The number of piperidine rings is 1. The van der Waals surface area contributed by atoms with Crippen molar-refractivity contribution in [2.24, 2.45) is 5.41 Å². The zero-order chi connectivity index (χ0) is 31.8. The number of benzene rings is 1. The van der Waals surface area contributed by atoms with E-state index in [2.05, 4.69) is 4.90 Å². The molecule has 2 aliphatic heterocycles. The molecule has 1 aromatic rings. The van der Waals surface area contributed by atoms with Gasteiger partial charge in [0.05, 0.1) is 18.5 Å². The minimum atomic E-state index is -1.71. The van der Waals surface area contributed by atoms with Gasteiger partial charge in [-0.1, -0.05) is 34.8 Å². The van der Waals surface area contributed by atoms with Crippen molar-refractivity contribution in [2.45, 2.75) is 43.4 Å². The highest BCUT2D eigenvalue weighted by atomic mass is 35.6. The van der Waals surface area contributed by atoms with Crippen molar-refractivity contribution in [1.82, 2.24) is 14.7 Å². The van der Waals surface area contributed by atoms with E-state index in [1.54, 1.807) is 37.8 Å². The summed E-state index contributed by atoms with van der Waals surface area (Å²) in [7, 11) is 0. The molecule has 0 saturated carbocycles. The van der Waals surface area contributed by atoms with E-state index in [1.807, 2.05) is 0 Å². The van der Waals surface area contributed by atoms with Gasteiger partial charge in [-0.2, -0.15) is 0 Å². The molecular weight excluding hydrogens is 629 g/mol. The van der Waals surface area contributed by atoms with Crippen LogP contribution in [-0.4, -0.2) is 114 Å². The van der Waals surface area contributed by atoms with Gasteiger partial charge >= 0.3 is 18.0 Å². The molecule has 12 nitrogen and oxygen atoms in total. The van der Waals surface area contributed by atoms with Gasteiger partial charge in [-0.25, -0.2) is 9.59 Å². The van der Waals surface area contributed by atoms with Crippen molar-refractivity contribution < 1.29 is 42.9 Å². The van der Waals surface area contributed by atoms with Crippen molar-refractivity contribution in [3.8, 4) is 5.75 Å². The quantitative estimate of drug-likeness (QED) is 0.159. The van der Waals surface area contributed by atoms with E-state index in [-0.39, 0.29) is 30.8 Å². The Balaban J connectivity index is 1.37. The number of piperazine rings is 1. The number of ether oxygens (including phenoxy) is 4. The van der Waals surface area contributed by atoms with Crippen molar-refractivity contribution in [3.63, 3.8) is 0 Å². The Morgan fingerprint density at radius 3 is 2.14 bits per heavy atom. The SMILES string of the molecule is CC(C)(C)C(=O)OCOC(=O)N1CCC(N2CCN(CC(=O)c3ccc(OCC(=O)OCC(Cl)(Cl)Cl)cc3)C(=O)C2)CC1. The van der Waals surface area contributed by atoms with Crippen LogP contribution in [0.1, 0.15) is 44.0 Å². The number of nitrogens with zero attached hydrogens (tertiary/aromatic N) is 3. The van der Waals surface area contributed by atoms with Crippen LogP contribution in [0.2, 0.25) is 0 Å². The fourth-order valence-corrected chi connectivity index (χ4v) is 4.57. The molecular formula is C28H36Cl3N3O9. The molecule has 0 unspecified atom stereocenters. The number of Topliss-reactive ketones (excluding diaryl/α,β-unsaturated/α-hetero) is 1. The Labute approximate surface area is 265 Å². The third-order valence-electron chi connectivity index (χ3n) is 6.84. The largest absolute Gasteiger partial charge is 0.482 e. The molecule has 15 heteroatoms. The first-order chi connectivity index (χ1) is 20.1. The molecule has 43 heavy (non-hydrogen) atoms. The van der Waals surface area contributed by atoms with Crippen LogP contribution < -0.4 is 4.74 Å². The fourth-order valence-electron chi connectivity index (χ4n) is 4.41. The Morgan fingerprint density at radius 1 is 0.907 bits per heavy atom. The van der Waals surface area contributed by atoms with Gasteiger partial charge in [-0.3, -0.25) is 19.3 Å². The molecule has 0 spiro atoms. The van der Waals surface area contributed by atoms with E-state index >= 15 is 0 Å². The number of likely N-dealkylation sites (tertiary alicyclic amines) is 1. The number of esters is 2. The normalized spacial score (nSPS) is 16.9. The number of rotatable bonds is 10. The zero-order valence-corrected chi connectivity index (χ0v) is 26.6. The zero-order valence-electron chi connectivity index (χ0n) is 24.3. The summed E-state index contributed by atoms with van der Waals surface area (Å²) in [4.78, 5) is 66.7. The molecule has 1 aromatic carbocycles. The van der Waals surface area contributed by atoms with Crippen LogP contribution in [-0.2, 0) is 28.6 Å². The van der Waals surface area contributed by atoms with Crippen LogP contribution in [0.25, 0.3) is 0 Å².